The van der Waals surface area contributed by atoms with Gasteiger partial charge in [0, 0.05) is 130 Å². The summed E-state index contributed by atoms with van der Waals surface area (Å²) in [6, 6.07) is 17.5. The van der Waals surface area contributed by atoms with Gasteiger partial charge in [0.15, 0.2) is 11.6 Å². The van der Waals surface area contributed by atoms with E-state index in [0.29, 0.717) is 95.2 Å². The fraction of sp³-hybridized carbons (Fsp3) is 0.779. The molecule has 3 N–H and O–H groups in total. The summed E-state index contributed by atoms with van der Waals surface area (Å²) < 4.78 is 50.9. The minimum atomic E-state index is -2.48. The molecule has 0 bridgehead atoms. The van der Waals surface area contributed by atoms with Gasteiger partial charge in [-0.15, -0.1) is 0 Å². The summed E-state index contributed by atoms with van der Waals surface area (Å²) in [4.78, 5) is 120. The molecule has 9 aliphatic heterocycles. The second-order valence-electron chi connectivity index (χ2n) is 35.1. The van der Waals surface area contributed by atoms with E-state index in [9.17, 15) is 65.8 Å². The van der Waals surface area contributed by atoms with E-state index in [1.165, 1.54) is 95.1 Å². The van der Waals surface area contributed by atoms with Crippen molar-refractivity contribution in [3.05, 3.63) is 70.8 Å². The molecular formula is C95H162F4N10O10. The van der Waals surface area contributed by atoms with Gasteiger partial charge in [0.05, 0.1) is 30.3 Å². The van der Waals surface area contributed by atoms with Crippen LogP contribution in [-0.4, -0.2) is 294 Å². The fourth-order valence-electron chi connectivity index (χ4n) is 16.6. The number of aryl methyl sites for hydroxylation is 2. The molecule has 0 aliphatic carbocycles. The van der Waals surface area contributed by atoms with Crippen LogP contribution in [-0.2, 0) is 43.2 Å². The lowest BCUT2D eigenvalue weighted by molar-refractivity contribution is -0.123. The number of carbonyl (C=O) groups excluding carboxylic acids is 9. The quantitative estimate of drug-likeness (QED) is 0.0792. The molecule has 9 heterocycles. The van der Waals surface area contributed by atoms with Crippen LogP contribution in [0.1, 0.15) is 297 Å². The van der Waals surface area contributed by atoms with Crippen LogP contribution in [0.2, 0.25) is 0 Å². The van der Waals surface area contributed by atoms with E-state index in [1.807, 2.05) is 9.80 Å². The van der Waals surface area contributed by atoms with E-state index in [-0.39, 0.29) is 83.6 Å². The van der Waals surface area contributed by atoms with Crippen molar-refractivity contribution in [1.82, 2.24) is 44.1 Å². The third-order valence-electron chi connectivity index (χ3n) is 24.1. The Balaban J connectivity index is 0.000000347. The van der Waals surface area contributed by atoms with Crippen LogP contribution >= 0.6 is 0 Å². The van der Waals surface area contributed by atoms with Gasteiger partial charge in [-0.1, -0.05) is 99.2 Å². The molecule has 2 aromatic carbocycles. The Morgan fingerprint density at radius 3 is 0.933 bits per heavy atom. The molecule has 24 heteroatoms. The van der Waals surface area contributed by atoms with Crippen LogP contribution in [0.3, 0.4) is 0 Å². The molecule has 0 aromatic heterocycles. The first-order chi connectivity index (χ1) is 56.6. The van der Waals surface area contributed by atoms with Crippen LogP contribution in [0.25, 0.3) is 0 Å². The van der Waals surface area contributed by atoms with Crippen molar-refractivity contribution in [1.29, 1.82) is 0 Å². The summed E-state index contributed by atoms with van der Waals surface area (Å²) in [7, 11) is 0. The lowest BCUT2D eigenvalue weighted by Gasteiger charge is -2.33. The molecule has 0 amide bonds. The molecular weight excluding hydrogens is 1520 g/mol. The first kappa shape index (κ1) is 108. The highest BCUT2D eigenvalue weighted by Gasteiger charge is 2.34. The molecule has 0 saturated carbocycles. The molecule has 0 spiro atoms. The Morgan fingerprint density at radius 1 is 0.361 bits per heavy atom. The molecule has 119 heavy (non-hydrogen) atoms. The van der Waals surface area contributed by atoms with Gasteiger partial charge in [-0.25, -0.2) is 17.6 Å². The Morgan fingerprint density at radius 2 is 0.647 bits per heavy atom. The van der Waals surface area contributed by atoms with Crippen LogP contribution in [0.15, 0.2) is 48.5 Å². The number of alkyl halides is 4. The number of ketones is 9. The van der Waals surface area contributed by atoms with E-state index in [0.717, 1.165) is 180 Å². The number of hydrogen-bond donors (Lipinski definition) is 2. The minimum absolute atomic E-state index is 0.0316. The normalized spacial score (nSPS) is 21.4. The molecule has 680 valence electrons. The summed E-state index contributed by atoms with van der Waals surface area (Å²) in [5.41, 5.74) is 10.5. The van der Waals surface area contributed by atoms with Crippen molar-refractivity contribution in [2.75, 3.05) is 151 Å². The lowest BCUT2D eigenvalue weighted by Crippen LogP contribution is -2.42. The van der Waals surface area contributed by atoms with Gasteiger partial charge in [-0.05, 0) is 275 Å². The van der Waals surface area contributed by atoms with E-state index < -0.39 is 18.3 Å². The predicted octanol–water partition coefficient (Wildman–Crippen LogP) is 15.2. The summed E-state index contributed by atoms with van der Waals surface area (Å²) in [6.07, 6.45) is 25.4. The molecule has 0 radical (unpaired) electrons. The molecule has 2 unspecified atom stereocenters. The van der Waals surface area contributed by atoms with Gasteiger partial charge in [0.25, 0.3) is 5.92 Å². The first-order valence-corrected chi connectivity index (χ1v) is 45.9. The summed E-state index contributed by atoms with van der Waals surface area (Å²) >= 11 is 0. The zero-order valence-electron chi connectivity index (χ0n) is 76.2. The van der Waals surface area contributed by atoms with E-state index in [2.05, 4.69) is 111 Å². The largest absolute Gasteiger partial charge is 0.393 e. The second kappa shape index (κ2) is 62.0. The maximum atomic E-state index is 12.8. The van der Waals surface area contributed by atoms with Gasteiger partial charge in [0.1, 0.15) is 52.8 Å². The molecule has 20 nitrogen and oxygen atoms in total. The van der Waals surface area contributed by atoms with Gasteiger partial charge in [0.2, 0.25) is 0 Å². The highest BCUT2D eigenvalue weighted by Crippen LogP contribution is 2.30. The number of nitrogens with zero attached hydrogens (tertiary/aromatic N) is 9. The van der Waals surface area contributed by atoms with Crippen LogP contribution in [0.5, 0.6) is 0 Å². The number of benzene rings is 2. The van der Waals surface area contributed by atoms with Crippen molar-refractivity contribution >= 4 is 52.0 Å². The number of carbonyl (C=O) groups is 9. The molecule has 9 fully saturated rings. The zero-order valence-corrected chi connectivity index (χ0v) is 76.2. The van der Waals surface area contributed by atoms with E-state index in [1.54, 1.807) is 55.4 Å². The number of aliphatic hydroxyl groups is 1. The highest BCUT2D eigenvalue weighted by molar-refractivity contribution is 5.84. The Bertz CT molecular complexity index is 2930. The number of aliphatic hydroxyl groups excluding tert-OH is 1. The average Bonchev–Trinajstić information content (AvgIpc) is 0.837. The average molecular weight is 1680 g/mol. The van der Waals surface area contributed by atoms with Crippen molar-refractivity contribution in [2.24, 2.45) is 5.73 Å². The number of piperidine rings is 9. The first-order valence-electron chi connectivity index (χ1n) is 45.9. The Kier molecular flexibility index (Phi) is 56.2. The number of halogens is 4. The molecule has 2 aromatic rings. The summed E-state index contributed by atoms with van der Waals surface area (Å²) in [6.45, 7) is 43.8. The van der Waals surface area contributed by atoms with Crippen molar-refractivity contribution in [3.63, 3.8) is 0 Å². The second-order valence-corrected chi connectivity index (χ2v) is 35.1. The summed E-state index contributed by atoms with van der Waals surface area (Å²) in [5.74, 6) is -0.228. The Hall–Kier alpha value is -5.25. The van der Waals surface area contributed by atoms with Crippen LogP contribution in [0.4, 0.5) is 17.6 Å². The van der Waals surface area contributed by atoms with Crippen LogP contribution < -0.4 is 5.73 Å². The lowest BCUT2D eigenvalue weighted by atomic mass is 9.98. The van der Waals surface area contributed by atoms with E-state index in [4.69, 9.17) is 5.73 Å². The van der Waals surface area contributed by atoms with E-state index >= 15 is 0 Å². The van der Waals surface area contributed by atoms with Crippen molar-refractivity contribution in [3.8, 4) is 0 Å². The minimum Gasteiger partial charge on any atom is -0.393 e. The SMILES string of the molecule is CC(=O)C(c1ccc(C)cc1)N1CCCCC1.CC(=O)CCN1CCC(F)(F)CC1.CC(=O)CCN1CCC(F)CC1.CC(=O)CCN1CCC(N)CC1.CC(=O)CCN1CCC(O)CC1.CC(=O)CCN1CCCC(F)C1.CC(=O)[C@@H](c1ccc(C)cc1)N1CCCCC1.CC[C@@H](C(C)=O)N1CCCCC1.CC[C@H](C(C)=O)N1CCCCC1. The van der Waals surface area contributed by atoms with Gasteiger partial charge in [-0.3, -0.25) is 62.8 Å². The zero-order chi connectivity index (χ0) is 88.2. The van der Waals surface area contributed by atoms with Crippen molar-refractivity contribution in [2.45, 2.75) is 331 Å². The number of rotatable bonds is 27. The monoisotopic (exact) mass is 1680 g/mol. The van der Waals surface area contributed by atoms with Gasteiger partial charge in [-0.2, -0.15) is 0 Å². The fourth-order valence-corrected chi connectivity index (χ4v) is 16.6. The number of hydrogen-bond acceptors (Lipinski definition) is 20. The maximum Gasteiger partial charge on any atom is 0.250 e. The maximum absolute atomic E-state index is 12.8. The molecule has 5 atom stereocenters. The van der Waals surface area contributed by atoms with Gasteiger partial charge >= 0.3 is 0 Å². The molecule has 9 saturated heterocycles. The number of Topliss-reactive ketones (excluding diaryl/α,β-unsaturated/α-hetero) is 9. The third kappa shape index (κ3) is 49.1. The smallest absolute Gasteiger partial charge is 0.250 e. The molecule has 11 rings (SSSR count). The standard InChI is InChI=1S/2C15H21NO.2C10H19NO.C9H15F2NO.2C9H16FNO.C9H18N2O.C9H17NO2/c2*1-12-6-8-14(9-7-12)15(13(2)17)16-10-4-3-5-11-16;2*1-3-10(9(2)12)11-7-5-4-6-8-11;1-8(13)2-5-12-6-3-9(10,11)4-7-12;1-8(12)2-5-11-6-3-9(10)4-7-11;1-8(12)4-6-11-5-2-3-9(10)7-11;1-8(12)2-5-11-6-3-9(10)4-7-11;1-8(11)2-5-10-6-3-9(12)4-7-10/h2*6-9,15H,3-5,10-11H2,1-2H3;2*10H,3-8H2,1-2H3;2-7H2,1H3;2*9H,2-7H2,1H3;9H,2-7,10H2,1H3;9,12H,2-7H2,1H3/t15-;;2*10-;;;;;/m0.10...../s1. The van der Waals surface area contributed by atoms with Crippen LogP contribution in [0, 0.1) is 13.8 Å². The topological polar surface area (TPSA) is 229 Å². The highest BCUT2D eigenvalue weighted by atomic mass is 19.3. The Labute approximate surface area is 716 Å². The number of nitrogens with two attached hydrogens (primary N) is 1. The predicted molar refractivity (Wildman–Crippen MR) is 474 cm³/mol. The molecule has 9 aliphatic rings. The van der Waals surface area contributed by atoms with Gasteiger partial charge < -0.3 is 35.3 Å². The summed E-state index contributed by atoms with van der Waals surface area (Å²) in [5, 5.41) is 9.21. The van der Waals surface area contributed by atoms with Crippen molar-refractivity contribution < 1.29 is 65.8 Å². The third-order valence-corrected chi connectivity index (χ3v) is 24.1. The number of likely N-dealkylation sites (tertiary alicyclic amines) is 9.